The Balaban J connectivity index is 2.11. The smallest absolute Gasteiger partial charge is 0.317 e. The van der Waals surface area contributed by atoms with Gasteiger partial charge in [-0.15, -0.1) is 11.8 Å². The summed E-state index contributed by atoms with van der Waals surface area (Å²) in [6.45, 7) is 0. The Bertz CT molecular complexity index is 557. The standard InChI is InChI=1S/C15H13BrO2S/c16-12-6-4-5-11(9-12)10-14(15(17)18)19-13-7-2-1-3-8-13/h1-9,14H,10H2,(H,17,18). The van der Waals surface area contributed by atoms with Crippen LogP contribution in [0.5, 0.6) is 0 Å². The zero-order valence-corrected chi connectivity index (χ0v) is 12.5. The van der Waals surface area contributed by atoms with E-state index in [2.05, 4.69) is 15.9 Å². The molecule has 0 aliphatic heterocycles. The van der Waals surface area contributed by atoms with Crippen molar-refractivity contribution >= 4 is 33.7 Å². The molecule has 0 bridgehead atoms. The number of carboxylic acid groups (broad SMARTS) is 1. The summed E-state index contributed by atoms with van der Waals surface area (Å²) in [4.78, 5) is 12.3. The molecule has 0 aromatic heterocycles. The van der Waals surface area contributed by atoms with Crippen molar-refractivity contribution < 1.29 is 9.90 Å². The Hall–Kier alpha value is -1.26. The molecule has 98 valence electrons. The third kappa shape index (κ3) is 4.40. The minimum atomic E-state index is -0.783. The molecular formula is C15H13BrO2S. The molecule has 1 atom stereocenters. The SMILES string of the molecule is O=C(O)C(Cc1cccc(Br)c1)Sc1ccccc1. The second kappa shape index (κ2) is 6.78. The van der Waals surface area contributed by atoms with Crippen LogP contribution in [0.25, 0.3) is 0 Å². The monoisotopic (exact) mass is 336 g/mol. The minimum Gasteiger partial charge on any atom is -0.480 e. The molecule has 0 heterocycles. The third-order valence-electron chi connectivity index (χ3n) is 2.61. The van der Waals surface area contributed by atoms with Crippen LogP contribution < -0.4 is 0 Å². The number of halogens is 1. The van der Waals surface area contributed by atoms with Gasteiger partial charge in [-0.1, -0.05) is 46.3 Å². The highest BCUT2D eigenvalue weighted by Gasteiger charge is 2.19. The number of hydrogen-bond donors (Lipinski definition) is 1. The van der Waals surface area contributed by atoms with Gasteiger partial charge in [-0.25, -0.2) is 0 Å². The molecule has 2 aromatic rings. The maximum absolute atomic E-state index is 11.4. The van der Waals surface area contributed by atoms with Crippen LogP contribution in [0, 0.1) is 0 Å². The van der Waals surface area contributed by atoms with E-state index in [-0.39, 0.29) is 0 Å². The fourth-order valence-corrected chi connectivity index (χ4v) is 3.19. The van der Waals surface area contributed by atoms with E-state index in [0.29, 0.717) is 6.42 Å². The second-order valence-electron chi connectivity index (χ2n) is 4.09. The highest BCUT2D eigenvalue weighted by Crippen LogP contribution is 2.26. The zero-order valence-electron chi connectivity index (χ0n) is 10.1. The Morgan fingerprint density at radius 1 is 1.16 bits per heavy atom. The third-order valence-corrected chi connectivity index (χ3v) is 4.30. The first-order valence-electron chi connectivity index (χ1n) is 5.84. The molecule has 1 unspecified atom stereocenters. The van der Waals surface area contributed by atoms with Crippen LogP contribution in [0.2, 0.25) is 0 Å². The summed E-state index contributed by atoms with van der Waals surface area (Å²) in [5.74, 6) is -0.783. The van der Waals surface area contributed by atoms with Gasteiger partial charge in [0.2, 0.25) is 0 Å². The predicted octanol–water partition coefficient (Wildman–Crippen LogP) is 4.24. The number of aliphatic carboxylic acids is 1. The fraction of sp³-hybridized carbons (Fsp3) is 0.133. The van der Waals surface area contributed by atoms with Gasteiger partial charge in [0.1, 0.15) is 5.25 Å². The Kier molecular flexibility index (Phi) is 5.05. The molecule has 0 amide bonds. The van der Waals surface area contributed by atoms with E-state index in [1.807, 2.05) is 54.6 Å². The van der Waals surface area contributed by atoms with E-state index in [1.165, 1.54) is 11.8 Å². The van der Waals surface area contributed by atoms with E-state index in [9.17, 15) is 9.90 Å². The molecule has 0 spiro atoms. The number of rotatable bonds is 5. The van der Waals surface area contributed by atoms with Crippen molar-refractivity contribution in [2.75, 3.05) is 0 Å². The quantitative estimate of drug-likeness (QED) is 0.830. The van der Waals surface area contributed by atoms with Crippen LogP contribution in [0.1, 0.15) is 5.56 Å². The first-order chi connectivity index (χ1) is 9.15. The van der Waals surface area contributed by atoms with Gasteiger partial charge in [-0.05, 0) is 36.2 Å². The minimum absolute atomic E-state index is 0.475. The van der Waals surface area contributed by atoms with Gasteiger partial charge in [-0.2, -0.15) is 0 Å². The van der Waals surface area contributed by atoms with E-state index in [1.54, 1.807) is 0 Å². The van der Waals surface area contributed by atoms with E-state index >= 15 is 0 Å². The average Bonchev–Trinajstić information content (AvgIpc) is 2.39. The number of carboxylic acids is 1. The zero-order chi connectivity index (χ0) is 13.7. The normalized spacial score (nSPS) is 12.1. The van der Waals surface area contributed by atoms with Gasteiger partial charge in [0.25, 0.3) is 0 Å². The van der Waals surface area contributed by atoms with Crippen molar-refractivity contribution in [3.8, 4) is 0 Å². The summed E-state index contributed by atoms with van der Waals surface area (Å²) >= 11 is 4.78. The summed E-state index contributed by atoms with van der Waals surface area (Å²) in [6.07, 6.45) is 0.508. The van der Waals surface area contributed by atoms with Crippen molar-refractivity contribution in [2.24, 2.45) is 0 Å². The first-order valence-corrected chi connectivity index (χ1v) is 7.51. The number of hydrogen-bond acceptors (Lipinski definition) is 2. The van der Waals surface area contributed by atoms with Crippen molar-refractivity contribution in [1.29, 1.82) is 0 Å². The lowest BCUT2D eigenvalue weighted by atomic mass is 10.1. The van der Waals surface area contributed by atoms with E-state index in [0.717, 1.165) is 14.9 Å². The maximum atomic E-state index is 11.4. The lowest BCUT2D eigenvalue weighted by Crippen LogP contribution is -2.19. The highest BCUT2D eigenvalue weighted by molar-refractivity contribution is 9.10. The molecule has 0 saturated heterocycles. The molecule has 19 heavy (non-hydrogen) atoms. The van der Waals surface area contributed by atoms with E-state index < -0.39 is 11.2 Å². The van der Waals surface area contributed by atoms with Crippen LogP contribution in [-0.2, 0) is 11.2 Å². The summed E-state index contributed by atoms with van der Waals surface area (Å²) < 4.78 is 0.971. The van der Waals surface area contributed by atoms with Gasteiger partial charge in [0.15, 0.2) is 0 Å². The van der Waals surface area contributed by atoms with Crippen LogP contribution >= 0.6 is 27.7 Å². The summed E-state index contributed by atoms with van der Waals surface area (Å²) in [6, 6.07) is 17.4. The number of thioether (sulfide) groups is 1. The van der Waals surface area contributed by atoms with Crippen molar-refractivity contribution in [1.82, 2.24) is 0 Å². The van der Waals surface area contributed by atoms with Gasteiger partial charge >= 0.3 is 5.97 Å². The topological polar surface area (TPSA) is 37.3 Å². The second-order valence-corrected chi connectivity index (χ2v) is 6.28. The average molecular weight is 337 g/mol. The van der Waals surface area contributed by atoms with Crippen molar-refractivity contribution in [3.05, 3.63) is 64.6 Å². The van der Waals surface area contributed by atoms with Gasteiger partial charge < -0.3 is 5.11 Å². The maximum Gasteiger partial charge on any atom is 0.317 e. The van der Waals surface area contributed by atoms with Crippen LogP contribution in [0.3, 0.4) is 0 Å². The Morgan fingerprint density at radius 3 is 2.53 bits per heavy atom. The van der Waals surface area contributed by atoms with E-state index in [4.69, 9.17) is 0 Å². The molecule has 2 rings (SSSR count). The summed E-state index contributed by atoms with van der Waals surface area (Å²) in [7, 11) is 0. The summed E-state index contributed by atoms with van der Waals surface area (Å²) in [5.41, 5.74) is 1.02. The molecular weight excluding hydrogens is 324 g/mol. The van der Waals surface area contributed by atoms with Gasteiger partial charge in [-0.3, -0.25) is 4.79 Å². The molecule has 2 nitrogen and oxygen atoms in total. The molecule has 1 N–H and O–H groups in total. The molecule has 0 aliphatic rings. The van der Waals surface area contributed by atoms with Crippen LogP contribution in [0.15, 0.2) is 64.0 Å². The lowest BCUT2D eigenvalue weighted by molar-refractivity contribution is -0.136. The Morgan fingerprint density at radius 2 is 1.89 bits per heavy atom. The van der Waals surface area contributed by atoms with Crippen molar-refractivity contribution in [3.63, 3.8) is 0 Å². The molecule has 0 saturated carbocycles. The number of carbonyl (C=O) groups is 1. The summed E-state index contributed by atoms with van der Waals surface area (Å²) in [5, 5.41) is 8.86. The van der Waals surface area contributed by atoms with Gasteiger partial charge in [0, 0.05) is 9.37 Å². The molecule has 2 aromatic carbocycles. The largest absolute Gasteiger partial charge is 0.480 e. The fourth-order valence-electron chi connectivity index (χ4n) is 1.72. The molecule has 0 radical (unpaired) electrons. The highest BCUT2D eigenvalue weighted by atomic mass is 79.9. The predicted molar refractivity (Wildman–Crippen MR) is 81.6 cm³/mol. The van der Waals surface area contributed by atoms with Crippen molar-refractivity contribution in [2.45, 2.75) is 16.6 Å². The number of benzene rings is 2. The van der Waals surface area contributed by atoms with Crippen LogP contribution in [-0.4, -0.2) is 16.3 Å². The van der Waals surface area contributed by atoms with Crippen LogP contribution in [0.4, 0.5) is 0 Å². The molecule has 4 heteroatoms. The Labute approximate surface area is 125 Å². The lowest BCUT2D eigenvalue weighted by Gasteiger charge is -2.12. The first kappa shape index (κ1) is 14.2. The molecule has 0 aliphatic carbocycles. The molecule has 0 fully saturated rings. The van der Waals surface area contributed by atoms with Gasteiger partial charge in [0.05, 0.1) is 0 Å².